The molecule has 0 unspecified atom stereocenters. The second-order valence-corrected chi connectivity index (χ2v) is 4.32. The maximum absolute atomic E-state index is 11.4. The van der Waals surface area contributed by atoms with Gasteiger partial charge in [-0.3, -0.25) is 0 Å². The van der Waals surface area contributed by atoms with Crippen LogP contribution in [0.4, 0.5) is 0 Å². The van der Waals surface area contributed by atoms with Crippen LogP contribution in [0.15, 0.2) is 42.5 Å². The Morgan fingerprint density at radius 3 is 2.32 bits per heavy atom. The highest BCUT2D eigenvalue weighted by molar-refractivity contribution is 6.33. The first kappa shape index (κ1) is 13.2. The van der Waals surface area contributed by atoms with Gasteiger partial charge < -0.3 is 4.74 Å². The number of rotatable bonds is 2. The third kappa shape index (κ3) is 2.78. The van der Waals surface area contributed by atoms with Crippen LogP contribution in [0.1, 0.15) is 15.9 Å². The molecular formula is C16H11ClO2. The third-order valence-corrected chi connectivity index (χ3v) is 3.07. The summed E-state index contributed by atoms with van der Waals surface area (Å²) in [5.41, 5.74) is 3.08. The fraction of sp³-hybridized carbons (Fsp3) is 0.0625. The van der Waals surface area contributed by atoms with Crippen molar-refractivity contribution in [1.82, 2.24) is 0 Å². The topological polar surface area (TPSA) is 26.3 Å². The van der Waals surface area contributed by atoms with Crippen LogP contribution in [0.5, 0.6) is 0 Å². The maximum Gasteiger partial charge on any atom is 0.339 e. The first-order valence-electron chi connectivity index (χ1n) is 5.60. The first-order valence-corrected chi connectivity index (χ1v) is 5.98. The van der Waals surface area contributed by atoms with Crippen molar-refractivity contribution in [3.8, 4) is 23.5 Å². The number of ether oxygens (including phenoxy) is 1. The molecule has 0 spiro atoms. The minimum absolute atomic E-state index is 0.355. The Labute approximate surface area is 117 Å². The second-order valence-electron chi connectivity index (χ2n) is 3.91. The van der Waals surface area contributed by atoms with Gasteiger partial charge in [0.15, 0.2) is 0 Å². The quantitative estimate of drug-likeness (QED) is 0.613. The van der Waals surface area contributed by atoms with Crippen LogP contribution in [0.3, 0.4) is 0 Å². The number of benzene rings is 2. The fourth-order valence-electron chi connectivity index (χ4n) is 1.73. The molecule has 0 aliphatic heterocycles. The molecule has 0 aromatic heterocycles. The molecule has 0 radical (unpaired) electrons. The lowest BCUT2D eigenvalue weighted by atomic mass is 10.0. The monoisotopic (exact) mass is 270 g/mol. The molecule has 0 heterocycles. The van der Waals surface area contributed by atoms with Crippen molar-refractivity contribution in [2.24, 2.45) is 0 Å². The molecule has 94 valence electrons. The molecule has 19 heavy (non-hydrogen) atoms. The van der Waals surface area contributed by atoms with Gasteiger partial charge in [0, 0.05) is 5.56 Å². The highest BCUT2D eigenvalue weighted by Crippen LogP contribution is 2.26. The third-order valence-electron chi connectivity index (χ3n) is 2.76. The minimum atomic E-state index is -0.445. The molecule has 0 fully saturated rings. The van der Waals surface area contributed by atoms with Crippen molar-refractivity contribution in [2.45, 2.75) is 0 Å². The molecule has 0 aliphatic carbocycles. The van der Waals surface area contributed by atoms with E-state index in [2.05, 4.69) is 10.7 Å². The number of terminal acetylenes is 1. The van der Waals surface area contributed by atoms with Crippen molar-refractivity contribution in [3.05, 3.63) is 58.6 Å². The van der Waals surface area contributed by atoms with Crippen molar-refractivity contribution >= 4 is 17.6 Å². The lowest BCUT2D eigenvalue weighted by Gasteiger charge is -2.06. The van der Waals surface area contributed by atoms with Gasteiger partial charge in [0.2, 0.25) is 0 Å². The van der Waals surface area contributed by atoms with Crippen LogP contribution in [-0.2, 0) is 4.74 Å². The largest absolute Gasteiger partial charge is 0.465 e. The van der Waals surface area contributed by atoms with E-state index >= 15 is 0 Å². The van der Waals surface area contributed by atoms with Crippen LogP contribution in [0.25, 0.3) is 11.1 Å². The number of hydrogen-bond donors (Lipinski definition) is 0. The highest BCUT2D eigenvalue weighted by atomic mass is 35.5. The zero-order valence-electron chi connectivity index (χ0n) is 10.3. The van der Waals surface area contributed by atoms with Gasteiger partial charge in [-0.25, -0.2) is 4.79 Å². The minimum Gasteiger partial charge on any atom is -0.465 e. The van der Waals surface area contributed by atoms with Crippen molar-refractivity contribution in [1.29, 1.82) is 0 Å². The summed E-state index contributed by atoms with van der Waals surface area (Å²) in [6.07, 6.45) is 5.31. The van der Waals surface area contributed by atoms with Crippen molar-refractivity contribution in [3.63, 3.8) is 0 Å². The molecule has 0 aliphatic rings. The summed E-state index contributed by atoms with van der Waals surface area (Å²) >= 11 is 6.08. The van der Waals surface area contributed by atoms with Gasteiger partial charge in [0.1, 0.15) is 0 Å². The Balaban J connectivity index is 2.39. The Bertz CT molecular complexity index is 651. The molecular weight excluding hydrogens is 260 g/mol. The van der Waals surface area contributed by atoms with E-state index in [-0.39, 0.29) is 0 Å². The van der Waals surface area contributed by atoms with E-state index in [1.165, 1.54) is 7.11 Å². The van der Waals surface area contributed by atoms with Gasteiger partial charge in [-0.1, -0.05) is 35.7 Å². The Kier molecular flexibility index (Phi) is 3.89. The molecule has 0 atom stereocenters. The predicted octanol–water partition coefficient (Wildman–Crippen LogP) is 3.77. The number of hydrogen-bond acceptors (Lipinski definition) is 2. The average Bonchev–Trinajstić information content (AvgIpc) is 2.46. The SMILES string of the molecule is C#Cc1ccc(-c2ccc(C(=O)OC)c(Cl)c2)cc1. The first-order chi connectivity index (χ1) is 9.15. The Hall–Kier alpha value is -2.24. The smallest absolute Gasteiger partial charge is 0.339 e. The summed E-state index contributed by atoms with van der Waals surface area (Å²) < 4.78 is 4.65. The van der Waals surface area contributed by atoms with Gasteiger partial charge >= 0.3 is 5.97 Å². The molecule has 3 heteroatoms. The normalized spacial score (nSPS) is 9.74. The molecule has 0 bridgehead atoms. The van der Waals surface area contributed by atoms with Crippen LogP contribution in [0, 0.1) is 12.3 Å². The van der Waals surface area contributed by atoms with Gasteiger partial charge in [0.05, 0.1) is 17.7 Å². The van der Waals surface area contributed by atoms with E-state index in [1.54, 1.807) is 12.1 Å². The van der Waals surface area contributed by atoms with Gasteiger partial charge in [-0.15, -0.1) is 6.42 Å². The van der Waals surface area contributed by atoms with Crippen LogP contribution >= 0.6 is 11.6 Å². The van der Waals surface area contributed by atoms with E-state index < -0.39 is 5.97 Å². The van der Waals surface area contributed by atoms with E-state index in [0.717, 1.165) is 16.7 Å². The summed E-state index contributed by atoms with van der Waals surface area (Å²) in [6.45, 7) is 0. The van der Waals surface area contributed by atoms with Crippen molar-refractivity contribution < 1.29 is 9.53 Å². The standard InChI is InChI=1S/C16H11ClO2/c1-3-11-4-6-12(7-5-11)13-8-9-14(15(17)10-13)16(18)19-2/h1,4-10H,2H3. The zero-order chi connectivity index (χ0) is 13.8. The lowest BCUT2D eigenvalue weighted by Crippen LogP contribution is -2.01. The number of halogens is 1. The Morgan fingerprint density at radius 1 is 1.16 bits per heavy atom. The summed E-state index contributed by atoms with van der Waals surface area (Å²) in [4.78, 5) is 11.4. The molecule has 0 saturated heterocycles. The number of methoxy groups -OCH3 is 1. The van der Waals surface area contributed by atoms with E-state index in [1.807, 2.05) is 30.3 Å². The van der Waals surface area contributed by atoms with Crippen molar-refractivity contribution in [2.75, 3.05) is 7.11 Å². The fourth-order valence-corrected chi connectivity index (χ4v) is 1.99. The molecule has 0 saturated carbocycles. The number of carbonyl (C=O) groups is 1. The molecule has 0 N–H and O–H groups in total. The predicted molar refractivity (Wildman–Crippen MR) is 76.2 cm³/mol. The second kappa shape index (κ2) is 5.60. The number of carbonyl (C=O) groups excluding carboxylic acids is 1. The van der Waals surface area contributed by atoms with Gasteiger partial charge in [-0.2, -0.15) is 0 Å². The van der Waals surface area contributed by atoms with E-state index in [0.29, 0.717) is 10.6 Å². The van der Waals surface area contributed by atoms with E-state index in [9.17, 15) is 4.79 Å². The molecule has 2 nitrogen and oxygen atoms in total. The van der Waals surface area contributed by atoms with Crippen LogP contribution in [0.2, 0.25) is 5.02 Å². The van der Waals surface area contributed by atoms with Gasteiger partial charge in [0.25, 0.3) is 0 Å². The molecule has 2 rings (SSSR count). The summed E-state index contributed by atoms with van der Waals surface area (Å²) in [5.74, 6) is 2.12. The summed E-state index contributed by atoms with van der Waals surface area (Å²) in [6, 6.07) is 12.8. The average molecular weight is 271 g/mol. The van der Waals surface area contributed by atoms with Gasteiger partial charge in [-0.05, 0) is 35.4 Å². The van der Waals surface area contributed by atoms with Crippen LogP contribution < -0.4 is 0 Å². The molecule has 0 amide bonds. The summed E-state index contributed by atoms with van der Waals surface area (Å²) in [7, 11) is 1.32. The highest BCUT2D eigenvalue weighted by Gasteiger charge is 2.11. The number of esters is 1. The maximum atomic E-state index is 11.4. The summed E-state index contributed by atoms with van der Waals surface area (Å²) in [5, 5.41) is 0.366. The Morgan fingerprint density at radius 2 is 1.79 bits per heavy atom. The lowest BCUT2D eigenvalue weighted by molar-refractivity contribution is 0.0601. The molecule has 2 aromatic carbocycles. The van der Waals surface area contributed by atoms with Crippen LogP contribution in [-0.4, -0.2) is 13.1 Å². The molecule has 2 aromatic rings. The zero-order valence-corrected chi connectivity index (χ0v) is 11.1. The van der Waals surface area contributed by atoms with E-state index in [4.69, 9.17) is 18.0 Å².